The van der Waals surface area contributed by atoms with Gasteiger partial charge in [-0.1, -0.05) is 18.2 Å². The first-order chi connectivity index (χ1) is 13.9. The maximum absolute atomic E-state index is 13.6. The van der Waals surface area contributed by atoms with Crippen LogP contribution >= 0.6 is 0 Å². The van der Waals surface area contributed by atoms with Gasteiger partial charge in [0.15, 0.2) is 5.78 Å². The number of aliphatic hydroxyl groups is 1. The van der Waals surface area contributed by atoms with Gasteiger partial charge in [-0.3, -0.25) is 13.9 Å². The molecular formula is C22H23FN2O4. The number of imidazole rings is 1. The minimum atomic E-state index is -0.921. The number of carbonyl (C=O) groups is 1. The molecule has 3 aromatic rings. The fourth-order valence-electron chi connectivity index (χ4n) is 3.11. The quantitative estimate of drug-likeness (QED) is 0.592. The number of ketones is 1. The standard InChI is InChI=1S/C22H23FN2O4/c1-15-11-24(12-20(27)14-29-13-18-5-3-4-6-21(18)23)22(28)25(15)19-9-7-17(8-10-19)16(2)26/h3-11,20,27H,12-14H2,1-2H3/t20-/m0/s1. The smallest absolute Gasteiger partial charge is 0.333 e. The molecule has 1 atom stereocenters. The molecule has 0 fully saturated rings. The van der Waals surface area contributed by atoms with Crippen molar-refractivity contribution in [3.8, 4) is 5.69 Å². The maximum atomic E-state index is 13.6. The Morgan fingerprint density at radius 2 is 1.86 bits per heavy atom. The van der Waals surface area contributed by atoms with Crippen LogP contribution in [0.4, 0.5) is 4.39 Å². The van der Waals surface area contributed by atoms with Gasteiger partial charge < -0.3 is 9.84 Å². The van der Waals surface area contributed by atoms with Crippen LogP contribution in [0.5, 0.6) is 0 Å². The van der Waals surface area contributed by atoms with Crippen molar-refractivity contribution in [1.82, 2.24) is 9.13 Å². The van der Waals surface area contributed by atoms with E-state index in [0.717, 1.165) is 0 Å². The Kier molecular flexibility index (Phi) is 6.41. The summed E-state index contributed by atoms with van der Waals surface area (Å²) in [5.74, 6) is -0.404. The van der Waals surface area contributed by atoms with Crippen LogP contribution in [0, 0.1) is 12.7 Å². The van der Waals surface area contributed by atoms with E-state index < -0.39 is 6.10 Å². The number of carbonyl (C=O) groups excluding carboxylic acids is 1. The Morgan fingerprint density at radius 3 is 2.52 bits per heavy atom. The summed E-state index contributed by atoms with van der Waals surface area (Å²) in [5, 5.41) is 10.2. The van der Waals surface area contributed by atoms with Crippen LogP contribution in [0.25, 0.3) is 5.69 Å². The first-order valence-electron chi connectivity index (χ1n) is 9.26. The number of aliphatic hydroxyl groups excluding tert-OH is 1. The molecule has 0 bridgehead atoms. The van der Waals surface area contributed by atoms with Gasteiger partial charge in [0.1, 0.15) is 5.82 Å². The SMILES string of the molecule is CC(=O)c1ccc(-n2c(C)cn(C[C@H](O)COCc3ccccc3F)c2=O)cc1. The van der Waals surface area contributed by atoms with Crippen molar-refractivity contribution < 1.29 is 19.0 Å². The van der Waals surface area contributed by atoms with Crippen LogP contribution in [-0.2, 0) is 17.9 Å². The molecule has 0 saturated carbocycles. The third kappa shape index (κ3) is 4.88. The predicted molar refractivity (Wildman–Crippen MR) is 107 cm³/mol. The number of halogens is 1. The fraction of sp³-hybridized carbons (Fsp3) is 0.273. The second kappa shape index (κ2) is 8.98. The third-order valence-corrected chi connectivity index (χ3v) is 4.60. The highest BCUT2D eigenvalue weighted by Crippen LogP contribution is 2.12. The van der Waals surface area contributed by atoms with Gasteiger partial charge in [0.25, 0.3) is 0 Å². The molecule has 0 unspecified atom stereocenters. The normalized spacial score (nSPS) is 12.1. The van der Waals surface area contributed by atoms with Gasteiger partial charge in [-0.15, -0.1) is 0 Å². The van der Waals surface area contributed by atoms with Gasteiger partial charge in [0.2, 0.25) is 0 Å². The van der Waals surface area contributed by atoms with E-state index in [1.165, 1.54) is 22.1 Å². The lowest BCUT2D eigenvalue weighted by Gasteiger charge is -2.12. The number of Topliss-reactive ketones (excluding diaryl/α,β-unsaturated/α-hetero) is 1. The zero-order valence-corrected chi connectivity index (χ0v) is 16.3. The van der Waals surface area contributed by atoms with Crippen LogP contribution in [0.15, 0.2) is 59.5 Å². The number of nitrogens with zero attached hydrogens (tertiary/aromatic N) is 2. The molecule has 152 valence electrons. The number of aryl methyl sites for hydroxylation is 1. The molecule has 0 aliphatic rings. The highest BCUT2D eigenvalue weighted by atomic mass is 19.1. The van der Waals surface area contributed by atoms with Crippen LogP contribution < -0.4 is 5.69 Å². The minimum Gasteiger partial charge on any atom is -0.389 e. The Labute approximate surface area is 167 Å². The van der Waals surface area contributed by atoms with Crippen molar-refractivity contribution in [2.75, 3.05) is 6.61 Å². The van der Waals surface area contributed by atoms with Crippen molar-refractivity contribution in [1.29, 1.82) is 0 Å². The van der Waals surface area contributed by atoms with E-state index >= 15 is 0 Å². The first-order valence-corrected chi connectivity index (χ1v) is 9.26. The van der Waals surface area contributed by atoms with Crippen LogP contribution in [-0.4, -0.2) is 32.7 Å². The highest BCUT2D eigenvalue weighted by Gasteiger charge is 2.14. The van der Waals surface area contributed by atoms with E-state index in [0.29, 0.717) is 22.5 Å². The van der Waals surface area contributed by atoms with Gasteiger partial charge in [-0.05, 0) is 44.2 Å². The molecule has 0 spiro atoms. The lowest BCUT2D eigenvalue weighted by molar-refractivity contribution is 0.0190. The molecule has 0 saturated heterocycles. The molecule has 1 heterocycles. The molecule has 0 radical (unpaired) electrons. The maximum Gasteiger partial charge on any atom is 0.333 e. The Bertz CT molecular complexity index is 1050. The molecule has 0 amide bonds. The fourth-order valence-corrected chi connectivity index (χ4v) is 3.11. The molecule has 1 N–H and O–H groups in total. The van der Waals surface area contributed by atoms with Gasteiger partial charge in [-0.25, -0.2) is 9.18 Å². The monoisotopic (exact) mass is 398 g/mol. The summed E-state index contributed by atoms with van der Waals surface area (Å²) in [7, 11) is 0. The zero-order chi connectivity index (χ0) is 21.0. The molecule has 0 aliphatic carbocycles. The van der Waals surface area contributed by atoms with E-state index in [4.69, 9.17) is 4.74 Å². The molecule has 6 nitrogen and oxygen atoms in total. The number of hydrogen-bond acceptors (Lipinski definition) is 4. The topological polar surface area (TPSA) is 73.5 Å². The Balaban J connectivity index is 1.65. The molecule has 3 rings (SSSR count). The second-order valence-electron chi connectivity index (χ2n) is 6.90. The molecule has 29 heavy (non-hydrogen) atoms. The van der Waals surface area contributed by atoms with Gasteiger partial charge in [0.05, 0.1) is 31.5 Å². The largest absolute Gasteiger partial charge is 0.389 e. The molecular weight excluding hydrogens is 375 g/mol. The van der Waals surface area contributed by atoms with Gasteiger partial charge in [-0.2, -0.15) is 0 Å². The summed E-state index contributed by atoms with van der Waals surface area (Å²) in [6, 6.07) is 13.1. The van der Waals surface area contributed by atoms with Crippen molar-refractivity contribution in [3.63, 3.8) is 0 Å². The van der Waals surface area contributed by atoms with Crippen molar-refractivity contribution >= 4 is 5.78 Å². The highest BCUT2D eigenvalue weighted by molar-refractivity contribution is 5.94. The van der Waals surface area contributed by atoms with E-state index in [2.05, 4.69) is 0 Å². The predicted octanol–water partition coefficient (Wildman–Crippen LogP) is 2.87. The Hall–Kier alpha value is -3.03. The summed E-state index contributed by atoms with van der Waals surface area (Å²) >= 11 is 0. The number of hydrogen-bond donors (Lipinski definition) is 1. The summed E-state index contributed by atoms with van der Waals surface area (Å²) in [6.07, 6.45) is 0.733. The van der Waals surface area contributed by atoms with Crippen LogP contribution in [0.2, 0.25) is 0 Å². The summed E-state index contributed by atoms with van der Waals surface area (Å²) in [5.41, 5.74) is 2.02. The number of benzene rings is 2. The number of rotatable bonds is 8. The summed E-state index contributed by atoms with van der Waals surface area (Å²) < 4.78 is 21.9. The van der Waals surface area contributed by atoms with E-state index in [-0.39, 0.29) is 37.0 Å². The second-order valence-corrected chi connectivity index (χ2v) is 6.90. The Morgan fingerprint density at radius 1 is 1.17 bits per heavy atom. The minimum absolute atomic E-state index is 0.0295. The van der Waals surface area contributed by atoms with Crippen LogP contribution in [0.3, 0.4) is 0 Å². The third-order valence-electron chi connectivity index (χ3n) is 4.60. The average Bonchev–Trinajstić information content (AvgIpc) is 2.96. The lowest BCUT2D eigenvalue weighted by Crippen LogP contribution is -2.30. The van der Waals surface area contributed by atoms with E-state index in [1.807, 2.05) is 0 Å². The summed E-state index contributed by atoms with van der Waals surface area (Å²) in [4.78, 5) is 24.2. The van der Waals surface area contributed by atoms with Gasteiger partial charge >= 0.3 is 5.69 Å². The average molecular weight is 398 g/mol. The molecule has 2 aromatic carbocycles. The molecule has 1 aromatic heterocycles. The van der Waals surface area contributed by atoms with Gasteiger partial charge in [0, 0.05) is 23.0 Å². The lowest BCUT2D eigenvalue weighted by atomic mass is 10.1. The first kappa shape index (κ1) is 20.7. The molecule has 0 aliphatic heterocycles. The van der Waals surface area contributed by atoms with Crippen molar-refractivity contribution in [2.45, 2.75) is 33.1 Å². The number of ether oxygens (including phenoxy) is 1. The summed E-state index contributed by atoms with van der Waals surface area (Å²) in [6.45, 7) is 3.34. The van der Waals surface area contributed by atoms with Crippen molar-refractivity contribution in [2.24, 2.45) is 0 Å². The van der Waals surface area contributed by atoms with Crippen molar-refractivity contribution in [3.05, 3.63) is 87.9 Å². The van der Waals surface area contributed by atoms with E-state index in [1.54, 1.807) is 55.6 Å². The zero-order valence-electron chi connectivity index (χ0n) is 16.3. The molecule has 7 heteroatoms. The van der Waals surface area contributed by atoms with E-state index in [9.17, 15) is 19.1 Å². The number of aromatic nitrogens is 2. The van der Waals surface area contributed by atoms with Crippen LogP contribution in [0.1, 0.15) is 28.5 Å².